The standard InChI is InChI=1S/C17H23N7/c1-14-9-21-15(10-20-14)11-22-12-16(13-22)23-5-7-24(8-6-23)17-18-3-2-4-19-17/h2-4,9-10,16H,5-8,11-13H2,1H3. The quantitative estimate of drug-likeness (QED) is 0.815. The first-order valence-corrected chi connectivity index (χ1v) is 8.54. The number of likely N-dealkylation sites (tertiary alicyclic amines) is 1. The number of aromatic nitrogens is 4. The first kappa shape index (κ1) is 15.4. The molecule has 4 heterocycles. The van der Waals surface area contributed by atoms with Gasteiger partial charge in [0.1, 0.15) is 0 Å². The molecule has 0 spiro atoms. The lowest BCUT2D eigenvalue weighted by atomic mass is 10.1. The molecule has 2 aromatic heterocycles. The van der Waals surface area contributed by atoms with Crippen LogP contribution in [0.15, 0.2) is 30.9 Å². The van der Waals surface area contributed by atoms with E-state index in [1.165, 1.54) is 0 Å². The van der Waals surface area contributed by atoms with Crippen molar-refractivity contribution in [3.05, 3.63) is 42.2 Å². The Morgan fingerprint density at radius 1 is 0.958 bits per heavy atom. The van der Waals surface area contributed by atoms with Crippen molar-refractivity contribution >= 4 is 5.95 Å². The van der Waals surface area contributed by atoms with Crippen molar-refractivity contribution in [2.24, 2.45) is 0 Å². The lowest BCUT2D eigenvalue weighted by molar-refractivity contribution is 0.0247. The molecule has 2 aromatic rings. The Hall–Kier alpha value is -2.12. The van der Waals surface area contributed by atoms with Crippen LogP contribution in [0.5, 0.6) is 0 Å². The summed E-state index contributed by atoms with van der Waals surface area (Å²) in [5, 5.41) is 0. The molecule has 0 atom stereocenters. The molecule has 0 N–H and O–H groups in total. The summed E-state index contributed by atoms with van der Waals surface area (Å²) in [5.41, 5.74) is 2.03. The Bertz CT molecular complexity index is 646. The highest BCUT2D eigenvalue weighted by Gasteiger charge is 2.33. The molecule has 2 aliphatic heterocycles. The number of hydrogen-bond acceptors (Lipinski definition) is 7. The van der Waals surface area contributed by atoms with E-state index in [1.54, 1.807) is 0 Å². The van der Waals surface area contributed by atoms with Crippen molar-refractivity contribution in [2.75, 3.05) is 44.2 Å². The average Bonchev–Trinajstić information content (AvgIpc) is 2.60. The molecule has 2 fully saturated rings. The summed E-state index contributed by atoms with van der Waals surface area (Å²) in [6.45, 7) is 9.29. The summed E-state index contributed by atoms with van der Waals surface area (Å²) >= 11 is 0. The summed E-state index contributed by atoms with van der Waals surface area (Å²) in [4.78, 5) is 24.8. The third-order valence-electron chi connectivity index (χ3n) is 4.82. The summed E-state index contributed by atoms with van der Waals surface area (Å²) in [6.07, 6.45) is 7.36. The number of piperazine rings is 1. The van der Waals surface area contributed by atoms with E-state index < -0.39 is 0 Å². The van der Waals surface area contributed by atoms with Gasteiger partial charge in [-0.1, -0.05) is 0 Å². The van der Waals surface area contributed by atoms with E-state index in [1.807, 2.05) is 37.8 Å². The second kappa shape index (κ2) is 6.78. The van der Waals surface area contributed by atoms with Gasteiger partial charge in [0.05, 0.1) is 11.4 Å². The fourth-order valence-electron chi connectivity index (χ4n) is 3.37. The number of nitrogens with zero attached hydrogens (tertiary/aromatic N) is 7. The Morgan fingerprint density at radius 3 is 2.38 bits per heavy atom. The van der Waals surface area contributed by atoms with E-state index in [4.69, 9.17) is 0 Å². The Morgan fingerprint density at radius 2 is 1.71 bits per heavy atom. The zero-order valence-electron chi connectivity index (χ0n) is 14.0. The van der Waals surface area contributed by atoms with Crippen molar-refractivity contribution in [1.29, 1.82) is 0 Å². The van der Waals surface area contributed by atoms with Gasteiger partial charge in [-0.05, 0) is 13.0 Å². The highest BCUT2D eigenvalue weighted by Crippen LogP contribution is 2.19. The smallest absolute Gasteiger partial charge is 0.225 e. The molecule has 2 aliphatic rings. The van der Waals surface area contributed by atoms with Gasteiger partial charge in [0.2, 0.25) is 5.95 Å². The highest BCUT2D eigenvalue weighted by molar-refractivity contribution is 5.29. The van der Waals surface area contributed by atoms with Gasteiger partial charge in [0.15, 0.2) is 0 Å². The molecular formula is C17H23N7. The minimum absolute atomic E-state index is 0.669. The van der Waals surface area contributed by atoms with E-state index >= 15 is 0 Å². The molecule has 7 heteroatoms. The third-order valence-corrected chi connectivity index (χ3v) is 4.82. The minimum atomic E-state index is 0.669. The summed E-state index contributed by atoms with van der Waals surface area (Å²) in [5.74, 6) is 0.852. The largest absolute Gasteiger partial charge is 0.338 e. The SMILES string of the molecule is Cc1cnc(CN2CC(N3CCN(c4ncccn4)CC3)C2)cn1. The van der Waals surface area contributed by atoms with Gasteiger partial charge in [-0.15, -0.1) is 0 Å². The van der Waals surface area contributed by atoms with Crippen LogP contribution < -0.4 is 4.90 Å². The minimum Gasteiger partial charge on any atom is -0.338 e. The van der Waals surface area contributed by atoms with Crippen LogP contribution in [0.2, 0.25) is 0 Å². The van der Waals surface area contributed by atoms with Crippen LogP contribution in [0.25, 0.3) is 0 Å². The monoisotopic (exact) mass is 325 g/mol. The van der Waals surface area contributed by atoms with Crippen LogP contribution in [0.3, 0.4) is 0 Å². The fraction of sp³-hybridized carbons (Fsp3) is 0.529. The van der Waals surface area contributed by atoms with Crippen molar-refractivity contribution in [2.45, 2.75) is 19.5 Å². The molecule has 0 aliphatic carbocycles. The molecule has 7 nitrogen and oxygen atoms in total. The average molecular weight is 325 g/mol. The molecule has 4 rings (SSSR count). The van der Waals surface area contributed by atoms with E-state index in [0.29, 0.717) is 6.04 Å². The van der Waals surface area contributed by atoms with Crippen molar-refractivity contribution in [3.63, 3.8) is 0 Å². The number of anilines is 1. The second-order valence-electron chi connectivity index (χ2n) is 6.57. The first-order chi connectivity index (χ1) is 11.8. The number of hydrogen-bond donors (Lipinski definition) is 0. The van der Waals surface area contributed by atoms with Crippen LogP contribution in [0, 0.1) is 6.92 Å². The zero-order valence-corrected chi connectivity index (χ0v) is 14.0. The Balaban J connectivity index is 1.23. The normalized spacial score (nSPS) is 20.1. The summed E-state index contributed by atoms with van der Waals surface area (Å²) in [6, 6.07) is 2.53. The van der Waals surface area contributed by atoms with Crippen molar-refractivity contribution in [3.8, 4) is 0 Å². The fourth-order valence-corrected chi connectivity index (χ4v) is 3.37. The maximum atomic E-state index is 4.44. The van der Waals surface area contributed by atoms with Crippen molar-refractivity contribution < 1.29 is 0 Å². The predicted molar refractivity (Wildman–Crippen MR) is 91.7 cm³/mol. The van der Waals surface area contributed by atoms with Gasteiger partial charge in [0, 0.05) is 76.6 Å². The molecule has 0 bridgehead atoms. The summed E-state index contributed by atoms with van der Waals surface area (Å²) in [7, 11) is 0. The molecule has 0 saturated carbocycles. The second-order valence-corrected chi connectivity index (χ2v) is 6.57. The van der Waals surface area contributed by atoms with Crippen molar-refractivity contribution in [1.82, 2.24) is 29.7 Å². The molecule has 0 aromatic carbocycles. The maximum Gasteiger partial charge on any atom is 0.225 e. The Kier molecular flexibility index (Phi) is 4.36. The third kappa shape index (κ3) is 3.37. The topological polar surface area (TPSA) is 61.3 Å². The van der Waals surface area contributed by atoms with E-state index in [9.17, 15) is 0 Å². The van der Waals surface area contributed by atoms with Crippen LogP contribution in [0.4, 0.5) is 5.95 Å². The van der Waals surface area contributed by atoms with Crippen LogP contribution in [-0.4, -0.2) is 75.0 Å². The van der Waals surface area contributed by atoms with Crippen LogP contribution in [0.1, 0.15) is 11.4 Å². The molecule has 0 amide bonds. The van der Waals surface area contributed by atoms with Gasteiger partial charge < -0.3 is 4.90 Å². The molecule has 0 radical (unpaired) electrons. The zero-order chi connectivity index (χ0) is 16.4. The van der Waals surface area contributed by atoms with E-state index in [2.05, 4.69) is 34.6 Å². The molecular weight excluding hydrogens is 302 g/mol. The number of rotatable bonds is 4. The first-order valence-electron chi connectivity index (χ1n) is 8.54. The molecule has 24 heavy (non-hydrogen) atoms. The molecule has 126 valence electrons. The van der Waals surface area contributed by atoms with Crippen LogP contribution >= 0.6 is 0 Å². The van der Waals surface area contributed by atoms with Gasteiger partial charge in [-0.3, -0.25) is 19.8 Å². The van der Waals surface area contributed by atoms with E-state index in [0.717, 1.165) is 63.1 Å². The van der Waals surface area contributed by atoms with Gasteiger partial charge in [-0.2, -0.15) is 0 Å². The molecule has 2 saturated heterocycles. The summed E-state index contributed by atoms with van der Waals surface area (Å²) < 4.78 is 0. The van der Waals surface area contributed by atoms with Gasteiger partial charge >= 0.3 is 0 Å². The van der Waals surface area contributed by atoms with Crippen LogP contribution in [-0.2, 0) is 6.54 Å². The lowest BCUT2D eigenvalue weighted by Crippen LogP contribution is -2.62. The highest BCUT2D eigenvalue weighted by atomic mass is 15.4. The Labute approximate surface area is 142 Å². The number of aryl methyl sites for hydroxylation is 1. The molecule has 0 unspecified atom stereocenters. The van der Waals surface area contributed by atoms with Gasteiger partial charge in [-0.25, -0.2) is 9.97 Å². The predicted octanol–water partition coefficient (Wildman–Crippen LogP) is 0.581. The maximum absolute atomic E-state index is 4.44. The van der Waals surface area contributed by atoms with Gasteiger partial charge in [0.25, 0.3) is 0 Å². The van der Waals surface area contributed by atoms with E-state index in [-0.39, 0.29) is 0 Å². The lowest BCUT2D eigenvalue weighted by Gasteiger charge is -2.48.